The van der Waals surface area contributed by atoms with E-state index in [2.05, 4.69) is 20.8 Å². The number of carbonyl (C=O) groups excluding carboxylic acids is 2. The fourth-order valence-corrected chi connectivity index (χ4v) is 3.16. The third kappa shape index (κ3) is 5.40. The van der Waals surface area contributed by atoms with E-state index in [0.717, 1.165) is 12.0 Å². The minimum Gasteiger partial charge on any atom is -0.343 e. The number of rotatable bonds is 7. The first-order chi connectivity index (χ1) is 12.3. The molecule has 1 heterocycles. The van der Waals surface area contributed by atoms with Gasteiger partial charge in [0.1, 0.15) is 16.4 Å². The number of hydrogen-bond acceptors (Lipinski definition) is 5. The van der Waals surface area contributed by atoms with E-state index in [1.807, 2.05) is 26.0 Å². The van der Waals surface area contributed by atoms with E-state index < -0.39 is 11.4 Å². The Labute approximate surface area is 166 Å². The molecule has 3 atom stereocenters. The number of anilines is 1. The number of amides is 2. The number of nitrogens with zero attached hydrogens (tertiary/aromatic N) is 2. The molecule has 0 unspecified atom stereocenters. The molecule has 140 valence electrons. The van der Waals surface area contributed by atoms with E-state index in [1.54, 1.807) is 19.1 Å². The maximum Gasteiger partial charge on any atom is 0.249 e. The van der Waals surface area contributed by atoms with E-state index in [-0.39, 0.29) is 17.7 Å². The van der Waals surface area contributed by atoms with Crippen LogP contribution in [0.1, 0.15) is 27.2 Å². The van der Waals surface area contributed by atoms with E-state index >= 15 is 0 Å². The molecule has 2 N–H and O–H groups in total. The number of carbonyl (C=O) groups is 2. The minimum absolute atomic E-state index is 0.0605. The summed E-state index contributed by atoms with van der Waals surface area (Å²) < 4.78 is 0. The van der Waals surface area contributed by atoms with Crippen molar-refractivity contribution in [2.24, 2.45) is 5.92 Å². The van der Waals surface area contributed by atoms with Crippen molar-refractivity contribution in [3.63, 3.8) is 0 Å². The molecule has 6 nitrogen and oxygen atoms in total. The number of alkyl halides is 1. The Kier molecular flexibility index (Phi) is 7.37. The van der Waals surface area contributed by atoms with Crippen LogP contribution in [0.15, 0.2) is 24.3 Å². The minimum atomic E-state index is -0.717. The lowest BCUT2D eigenvalue weighted by Gasteiger charge is -2.23. The van der Waals surface area contributed by atoms with Crippen LogP contribution in [0.25, 0.3) is 10.6 Å². The second-order valence-electron chi connectivity index (χ2n) is 5.90. The van der Waals surface area contributed by atoms with Gasteiger partial charge in [0, 0.05) is 10.6 Å². The summed E-state index contributed by atoms with van der Waals surface area (Å²) in [4.78, 5) is 24.5. The zero-order chi connectivity index (χ0) is 19.3. The van der Waals surface area contributed by atoms with Gasteiger partial charge < -0.3 is 5.32 Å². The molecule has 0 aliphatic heterocycles. The number of hydrogen-bond donors (Lipinski definition) is 2. The van der Waals surface area contributed by atoms with Crippen LogP contribution in [0.2, 0.25) is 5.02 Å². The van der Waals surface area contributed by atoms with Crippen LogP contribution in [-0.2, 0) is 9.59 Å². The van der Waals surface area contributed by atoms with Crippen LogP contribution < -0.4 is 10.6 Å². The number of nitrogens with one attached hydrogen (secondary N) is 2. The Morgan fingerprint density at radius 1 is 1.23 bits per heavy atom. The van der Waals surface area contributed by atoms with Gasteiger partial charge in [-0.2, -0.15) is 0 Å². The van der Waals surface area contributed by atoms with Crippen molar-refractivity contribution in [1.29, 1.82) is 0 Å². The first kappa shape index (κ1) is 20.6. The highest BCUT2D eigenvalue weighted by atomic mass is 35.5. The van der Waals surface area contributed by atoms with Crippen LogP contribution >= 0.6 is 34.5 Å². The van der Waals surface area contributed by atoms with Crippen LogP contribution in [0, 0.1) is 5.92 Å². The van der Waals surface area contributed by atoms with Gasteiger partial charge in [-0.25, -0.2) is 0 Å². The lowest BCUT2D eigenvalue weighted by atomic mass is 9.98. The van der Waals surface area contributed by atoms with Crippen molar-refractivity contribution in [3.8, 4) is 10.6 Å². The van der Waals surface area contributed by atoms with Crippen molar-refractivity contribution in [2.75, 3.05) is 5.32 Å². The molecule has 0 fully saturated rings. The van der Waals surface area contributed by atoms with Gasteiger partial charge in [0.2, 0.25) is 16.9 Å². The van der Waals surface area contributed by atoms with Crippen LogP contribution in [0.3, 0.4) is 0 Å². The van der Waals surface area contributed by atoms with Crippen molar-refractivity contribution in [3.05, 3.63) is 29.3 Å². The smallest absolute Gasteiger partial charge is 0.249 e. The third-order valence-electron chi connectivity index (χ3n) is 3.88. The summed E-state index contributed by atoms with van der Waals surface area (Å²) in [7, 11) is 0. The standard InChI is InChI=1S/C17H20Cl2N4O2S/c1-4-9(2)13(20-14(24)10(3)18)15(25)21-17-23-22-16(26-17)11-6-5-7-12(19)8-11/h5-10,13H,4H2,1-3H3,(H,20,24)(H,21,23,25)/t9-,10+,13-/m0/s1. The molecule has 0 saturated carbocycles. The summed E-state index contributed by atoms with van der Waals surface area (Å²) >= 11 is 13.0. The van der Waals surface area contributed by atoms with E-state index in [0.29, 0.717) is 15.2 Å². The summed E-state index contributed by atoms with van der Waals surface area (Å²) in [5.41, 5.74) is 0.818. The van der Waals surface area contributed by atoms with Gasteiger partial charge in [-0.1, -0.05) is 55.3 Å². The zero-order valence-electron chi connectivity index (χ0n) is 14.6. The average molecular weight is 415 g/mol. The van der Waals surface area contributed by atoms with E-state index in [9.17, 15) is 9.59 Å². The van der Waals surface area contributed by atoms with Crippen molar-refractivity contribution in [2.45, 2.75) is 38.6 Å². The molecule has 2 amide bonds. The van der Waals surface area contributed by atoms with Gasteiger partial charge in [-0.05, 0) is 25.0 Å². The molecule has 2 rings (SSSR count). The van der Waals surface area contributed by atoms with Gasteiger partial charge in [-0.3, -0.25) is 14.9 Å². The highest BCUT2D eigenvalue weighted by Gasteiger charge is 2.28. The summed E-state index contributed by atoms with van der Waals surface area (Å²) in [6, 6.07) is 6.53. The van der Waals surface area contributed by atoms with Crippen molar-refractivity contribution < 1.29 is 9.59 Å². The fourth-order valence-electron chi connectivity index (χ4n) is 2.17. The lowest BCUT2D eigenvalue weighted by Crippen LogP contribution is -2.49. The largest absolute Gasteiger partial charge is 0.343 e. The Bertz CT molecular complexity index is 782. The summed E-state index contributed by atoms with van der Waals surface area (Å²) in [6.07, 6.45) is 0.721. The second-order valence-corrected chi connectivity index (χ2v) is 7.97. The monoisotopic (exact) mass is 414 g/mol. The number of benzene rings is 1. The zero-order valence-corrected chi connectivity index (χ0v) is 17.0. The van der Waals surface area contributed by atoms with Crippen molar-refractivity contribution >= 4 is 51.5 Å². The quantitative estimate of drug-likeness (QED) is 0.671. The molecule has 2 aromatic rings. The molecule has 0 aliphatic rings. The molecule has 0 aliphatic carbocycles. The van der Waals surface area contributed by atoms with Gasteiger partial charge in [0.05, 0.1) is 0 Å². The fraction of sp³-hybridized carbons (Fsp3) is 0.412. The second kappa shape index (κ2) is 9.30. The van der Waals surface area contributed by atoms with Crippen LogP contribution in [0.5, 0.6) is 0 Å². The third-order valence-corrected chi connectivity index (χ3v) is 5.20. The number of aromatic nitrogens is 2. The van der Waals surface area contributed by atoms with Gasteiger partial charge in [-0.15, -0.1) is 21.8 Å². The summed E-state index contributed by atoms with van der Waals surface area (Å²) in [5, 5.41) is 14.4. The maximum absolute atomic E-state index is 12.6. The normalized spacial score (nSPS) is 14.3. The van der Waals surface area contributed by atoms with Crippen molar-refractivity contribution in [1.82, 2.24) is 15.5 Å². The first-order valence-electron chi connectivity index (χ1n) is 8.16. The predicted octanol–water partition coefficient (Wildman–Crippen LogP) is 3.96. The SMILES string of the molecule is CC[C@H](C)[C@H](NC(=O)[C@@H](C)Cl)C(=O)Nc1nnc(-c2cccc(Cl)c2)s1. The molecule has 0 bridgehead atoms. The Hall–Kier alpha value is -1.70. The number of halogens is 2. The highest BCUT2D eigenvalue weighted by molar-refractivity contribution is 7.18. The molecular formula is C17H20Cl2N4O2S. The van der Waals surface area contributed by atoms with Gasteiger partial charge in [0.25, 0.3) is 0 Å². The lowest BCUT2D eigenvalue weighted by molar-refractivity contribution is -0.127. The molecular weight excluding hydrogens is 395 g/mol. The van der Waals surface area contributed by atoms with Crippen LogP contribution in [-0.4, -0.2) is 33.4 Å². The molecule has 0 saturated heterocycles. The first-order valence-corrected chi connectivity index (χ1v) is 9.79. The average Bonchev–Trinajstić information content (AvgIpc) is 3.07. The highest BCUT2D eigenvalue weighted by Crippen LogP contribution is 2.28. The van der Waals surface area contributed by atoms with Gasteiger partial charge in [0.15, 0.2) is 0 Å². The van der Waals surface area contributed by atoms with E-state index in [4.69, 9.17) is 23.2 Å². The molecule has 9 heteroatoms. The summed E-state index contributed by atoms with van der Waals surface area (Å²) in [6.45, 7) is 5.40. The molecule has 1 aromatic carbocycles. The predicted molar refractivity (Wildman–Crippen MR) is 106 cm³/mol. The van der Waals surface area contributed by atoms with Crippen LogP contribution in [0.4, 0.5) is 5.13 Å². The topological polar surface area (TPSA) is 84.0 Å². The molecule has 0 spiro atoms. The molecule has 1 aromatic heterocycles. The Morgan fingerprint density at radius 3 is 2.58 bits per heavy atom. The summed E-state index contributed by atoms with van der Waals surface area (Å²) in [5.74, 6) is -0.794. The molecule has 0 radical (unpaired) electrons. The Morgan fingerprint density at radius 2 is 1.96 bits per heavy atom. The maximum atomic E-state index is 12.6. The van der Waals surface area contributed by atoms with Gasteiger partial charge >= 0.3 is 0 Å². The van der Waals surface area contributed by atoms with E-state index in [1.165, 1.54) is 11.3 Å². The molecule has 26 heavy (non-hydrogen) atoms. The Balaban J connectivity index is 2.12.